The average molecular weight is 354 g/mol. The SMILES string of the molecule is COc1ccccc1[C@@H](Cn1ccnc1)Sc1ccc(C(=O)O)cc1. The lowest BCUT2D eigenvalue weighted by Crippen LogP contribution is -2.06. The van der Waals surface area contributed by atoms with Crippen LogP contribution in [0.1, 0.15) is 21.2 Å². The van der Waals surface area contributed by atoms with Crippen LogP contribution >= 0.6 is 11.8 Å². The normalized spacial score (nSPS) is 11.9. The van der Waals surface area contributed by atoms with E-state index < -0.39 is 5.97 Å². The molecule has 0 fully saturated rings. The average Bonchev–Trinajstić information content (AvgIpc) is 3.14. The van der Waals surface area contributed by atoms with Gasteiger partial charge >= 0.3 is 5.97 Å². The van der Waals surface area contributed by atoms with Gasteiger partial charge in [0.15, 0.2) is 0 Å². The number of thioether (sulfide) groups is 1. The number of carboxylic acid groups (broad SMARTS) is 1. The van der Waals surface area contributed by atoms with Crippen molar-refractivity contribution in [2.45, 2.75) is 16.7 Å². The molecule has 0 bridgehead atoms. The van der Waals surface area contributed by atoms with Crippen molar-refractivity contribution < 1.29 is 14.6 Å². The van der Waals surface area contributed by atoms with Crippen LogP contribution in [0.5, 0.6) is 5.75 Å². The van der Waals surface area contributed by atoms with Gasteiger partial charge < -0.3 is 14.4 Å². The lowest BCUT2D eigenvalue weighted by Gasteiger charge is -2.20. The van der Waals surface area contributed by atoms with E-state index in [1.807, 2.05) is 41.1 Å². The molecule has 0 saturated heterocycles. The van der Waals surface area contributed by atoms with Crippen LogP contribution in [0, 0.1) is 0 Å². The van der Waals surface area contributed by atoms with Gasteiger partial charge in [0, 0.05) is 29.4 Å². The van der Waals surface area contributed by atoms with Crippen LogP contribution < -0.4 is 4.74 Å². The molecule has 1 heterocycles. The van der Waals surface area contributed by atoms with E-state index in [-0.39, 0.29) is 10.8 Å². The second kappa shape index (κ2) is 7.90. The van der Waals surface area contributed by atoms with Gasteiger partial charge in [0.25, 0.3) is 0 Å². The van der Waals surface area contributed by atoms with E-state index in [1.165, 1.54) is 0 Å². The number of rotatable bonds is 7. The Morgan fingerprint density at radius 3 is 2.64 bits per heavy atom. The Labute approximate surface area is 150 Å². The van der Waals surface area contributed by atoms with Gasteiger partial charge in [-0.15, -0.1) is 11.8 Å². The smallest absolute Gasteiger partial charge is 0.335 e. The van der Waals surface area contributed by atoms with Crippen LogP contribution in [0.4, 0.5) is 0 Å². The molecule has 6 heteroatoms. The highest BCUT2D eigenvalue weighted by Crippen LogP contribution is 2.40. The first kappa shape index (κ1) is 17.1. The predicted octanol–water partition coefficient (Wildman–Crippen LogP) is 4.12. The third-order valence-corrected chi connectivity index (χ3v) is 5.03. The molecular weight excluding hydrogens is 336 g/mol. The van der Waals surface area contributed by atoms with E-state index in [2.05, 4.69) is 11.1 Å². The summed E-state index contributed by atoms with van der Waals surface area (Å²) < 4.78 is 7.54. The quantitative estimate of drug-likeness (QED) is 0.647. The largest absolute Gasteiger partial charge is 0.496 e. The minimum absolute atomic E-state index is 0.0982. The first-order valence-electron chi connectivity index (χ1n) is 7.76. The van der Waals surface area contributed by atoms with Crippen LogP contribution in [0.25, 0.3) is 0 Å². The van der Waals surface area contributed by atoms with Crippen LogP contribution in [0.15, 0.2) is 72.1 Å². The number of benzene rings is 2. The highest BCUT2D eigenvalue weighted by Gasteiger charge is 2.18. The summed E-state index contributed by atoms with van der Waals surface area (Å²) in [5.41, 5.74) is 1.37. The second-order valence-electron chi connectivity index (χ2n) is 5.44. The molecule has 0 aliphatic heterocycles. The molecule has 3 rings (SSSR count). The standard InChI is InChI=1S/C19H18N2O3S/c1-24-17-5-3-2-4-16(17)18(12-21-11-10-20-13-21)25-15-8-6-14(7-9-15)19(22)23/h2-11,13,18H,12H2,1H3,(H,22,23)/t18-/m1/s1. The topological polar surface area (TPSA) is 64.4 Å². The van der Waals surface area contributed by atoms with E-state index >= 15 is 0 Å². The molecule has 1 atom stereocenters. The minimum atomic E-state index is -0.920. The molecule has 3 aromatic rings. The maximum Gasteiger partial charge on any atom is 0.335 e. The van der Waals surface area contributed by atoms with Crippen molar-refractivity contribution in [3.05, 3.63) is 78.4 Å². The van der Waals surface area contributed by atoms with E-state index in [4.69, 9.17) is 9.84 Å². The maximum absolute atomic E-state index is 11.0. The number of aromatic carboxylic acids is 1. The van der Waals surface area contributed by atoms with E-state index in [9.17, 15) is 4.79 Å². The number of para-hydroxylation sites is 1. The minimum Gasteiger partial charge on any atom is -0.496 e. The summed E-state index contributed by atoms with van der Waals surface area (Å²) in [4.78, 5) is 16.1. The molecule has 2 aromatic carbocycles. The van der Waals surface area contributed by atoms with Crippen molar-refractivity contribution >= 4 is 17.7 Å². The summed E-state index contributed by atoms with van der Waals surface area (Å²) in [5.74, 6) is -0.0847. The Balaban J connectivity index is 1.89. The van der Waals surface area contributed by atoms with E-state index in [0.29, 0.717) is 0 Å². The lowest BCUT2D eigenvalue weighted by molar-refractivity contribution is 0.0697. The highest BCUT2D eigenvalue weighted by atomic mass is 32.2. The Hall–Kier alpha value is -2.73. The van der Waals surface area contributed by atoms with Crippen molar-refractivity contribution in [3.8, 4) is 5.75 Å². The van der Waals surface area contributed by atoms with E-state index in [0.717, 1.165) is 22.8 Å². The zero-order valence-corrected chi connectivity index (χ0v) is 14.5. The number of hydrogen-bond donors (Lipinski definition) is 1. The van der Waals surface area contributed by atoms with E-state index in [1.54, 1.807) is 43.5 Å². The Morgan fingerprint density at radius 2 is 2.00 bits per heavy atom. The molecular formula is C19H18N2O3S. The molecule has 5 nitrogen and oxygen atoms in total. The fourth-order valence-electron chi connectivity index (χ4n) is 2.56. The number of aromatic nitrogens is 2. The zero-order chi connectivity index (χ0) is 17.6. The molecule has 0 amide bonds. The van der Waals surface area contributed by atoms with Gasteiger partial charge in [0.05, 0.1) is 24.3 Å². The number of imidazole rings is 1. The summed E-state index contributed by atoms with van der Waals surface area (Å²) in [7, 11) is 1.67. The van der Waals surface area contributed by atoms with Gasteiger partial charge in [0.2, 0.25) is 0 Å². The Bertz CT molecular complexity index is 832. The Morgan fingerprint density at radius 1 is 1.24 bits per heavy atom. The molecule has 25 heavy (non-hydrogen) atoms. The first-order chi connectivity index (χ1) is 12.2. The van der Waals surface area contributed by atoms with Crippen LogP contribution in [-0.4, -0.2) is 27.7 Å². The van der Waals surface area contributed by atoms with Gasteiger partial charge in [-0.3, -0.25) is 0 Å². The number of hydrogen-bond acceptors (Lipinski definition) is 4. The second-order valence-corrected chi connectivity index (χ2v) is 6.71. The molecule has 0 saturated carbocycles. The van der Waals surface area contributed by atoms with Gasteiger partial charge in [-0.2, -0.15) is 0 Å². The number of carbonyl (C=O) groups is 1. The maximum atomic E-state index is 11.0. The molecule has 0 spiro atoms. The molecule has 0 unspecified atom stereocenters. The summed E-state index contributed by atoms with van der Waals surface area (Å²) >= 11 is 1.67. The summed E-state index contributed by atoms with van der Waals surface area (Å²) in [5, 5.41) is 9.14. The van der Waals surface area contributed by atoms with Crippen LogP contribution in [0.2, 0.25) is 0 Å². The number of nitrogens with zero attached hydrogens (tertiary/aromatic N) is 2. The summed E-state index contributed by atoms with van der Waals surface area (Å²) in [6.45, 7) is 0.728. The number of ether oxygens (including phenoxy) is 1. The van der Waals surface area contributed by atoms with Gasteiger partial charge in [-0.05, 0) is 30.3 Å². The zero-order valence-electron chi connectivity index (χ0n) is 13.7. The van der Waals surface area contributed by atoms with Crippen molar-refractivity contribution in [2.24, 2.45) is 0 Å². The molecule has 0 aliphatic carbocycles. The summed E-state index contributed by atoms with van der Waals surface area (Å²) in [6.07, 6.45) is 5.47. The first-order valence-corrected chi connectivity index (χ1v) is 8.64. The molecule has 0 radical (unpaired) electrons. The van der Waals surface area contributed by atoms with Crippen molar-refractivity contribution in [1.29, 1.82) is 0 Å². The summed E-state index contributed by atoms with van der Waals surface area (Å²) in [6, 6.07) is 14.9. The Kier molecular flexibility index (Phi) is 5.40. The monoisotopic (exact) mass is 354 g/mol. The molecule has 128 valence electrons. The number of carboxylic acids is 1. The van der Waals surface area contributed by atoms with Gasteiger partial charge in [-0.25, -0.2) is 9.78 Å². The predicted molar refractivity (Wildman–Crippen MR) is 97.2 cm³/mol. The third-order valence-electron chi connectivity index (χ3n) is 3.80. The van der Waals surface area contributed by atoms with Gasteiger partial charge in [-0.1, -0.05) is 18.2 Å². The highest BCUT2D eigenvalue weighted by molar-refractivity contribution is 7.99. The molecule has 1 aromatic heterocycles. The van der Waals surface area contributed by atoms with Crippen LogP contribution in [-0.2, 0) is 6.54 Å². The molecule has 0 aliphatic rings. The van der Waals surface area contributed by atoms with Gasteiger partial charge in [0.1, 0.15) is 5.75 Å². The fourth-order valence-corrected chi connectivity index (χ4v) is 3.75. The molecule has 1 N–H and O–H groups in total. The van der Waals surface area contributed by atoms with Crippen molar-refractivity contribution in [2.75, 3.05) is 7.11 Å². The number of methoxy groups -OCH3 is 1. The third kappa shape index (κ3) is 4.22. The van der Waals surface area contributed by atoms with Crippen molar-refractivity contribution in [3.63, 3.8) is 0 Å². The van der Waals surface area contributed by atoms with Crippen LogP contribution in [0.3, 0.4) is 0 Å². The lowest BCUT2D eigenvalue weighted by atomic mass is 10.1. The fraction of sp³-hybridized carbons (Fsp3) is 0.158. The van der Waals surface area contributed by atoms with Crippen molar-refractivity contribution in [1.82, 2.24) is 9.55 Å².